The first-order valence-electron chi connectivity index (χ1n) is 8.54. The number of hydroxylamine groups is 2. The third-order valence-electron chi connectivity index (χ3n) is 4.18. The van der Waals surface area contributed by atoms with Gasteiger partial charge in [0.25, 0.3) is 0 Å². The second kappa shape index (κ2) is 11.0. The van der Waals surface area contributed by atoms with E-state index < -0.39 is 46.7 Å². The van der Waals surface area contributed by atoms with Crippen LogP contribution in [0.4, 0.5) is 22.8 Å². The molecule has 1 aromatic heterocycles. The summed E-state index contributed by atoms with van der Waals surface area (Å²) in [6.07, 6.45) is -3.68. The summed E-state index contributed by atoms with van der Waals surface area (Å²) in [7, 11) is -5.16. The Morgan fingerprint density at radius 2 is 1.94 bits per heavy atom. The summed E-state index contributed by atoms with van der Waals surface area (Å²) >= 11 is 0. The molecule has 2 bridgehead atoms. The number of carbonyl (C=O) groups excluding carboxylic acids is 2. The SMILES string of the molecule is NCCNC(=O)n1cc2c(n1)C1CN(C(=O)N1OS(=O)(=O)[O-])[C@@H]2CN.O=C(O)C(F)(F)F.[Na+]. The monoisotopic (exact) mass is 511 g/mol. The predicted octanol–water partition coefficient (Wildman–Crippen LogP) is -4.78. The fourth-order valence-electron chi connectivity index (χ4n) is 2.94. The number of carboxylic acid groups (broad SMARTS) is 1. The van der Waals surface area contributed by atoms with E-state index in [-0.39, 0.29) is 61.4 Å². The largest absolute Gasteiger partial charge is 1.00 e. The predicted molar refractivity (Wildman–Crippen MR) is 93.0 cm³/mol. The van der Waals surface area contributed by atoms with Crippen molar-refractivity contribution in [2.24, 2.45) is 11.5 Å². The van der Waals surface area contributed by atoms with Crippen molar-refractivity contribution in [1.29, 1.82) is 0 Å². The van der Waals surface area contributed by atoms with Gasteiger partial charge in [0.05, 0.1) is 18.3 Å². The summed E-state index contributed by atoms with van der Waals surface area (Å²) < 4.78 is 69.7. The smallest absolute Gasteiger partial charge is 0.724 e. The Morgan fingerprint density at radius 3 is 2.39 bits per heavy atom. The molecule has 20 heteroatoms. The minimum atomic E-state index is -5.16. The van der Waals surface area contributed by atoms with Gasteiger partial charge in [-0.1, -0.05) is 0 Å². The standard InChI is InChI=1S/C11H17N7O6S.C2HF3O2.Na/c12-1-2-14-10(19)17-4-6-7(3-13)16-5-8(9(6)15-17)18(11(16)20)24-25(21,22)23;3-2(4,5)1(6)7;/h4,7-8H,1-3,5,12-13H2,(H,14,19)(H,21,22,23);(H,6,7);/q;;+1/p-1/t7-,8?;;/m1../s1. The molecule has 33 heavy (non-hydrogen) atoms. The first-order valence-corrected chi connectivity index (χ1v) is 9.87. The number of hydrogen-bond donors (Lipinski definition) is 4. The van der Waals surface area contributed by atoms with Crippen LogP contribution >= 0.6 is 0 Å². The maximum absolute atomic E-state index is 12.3. The first-order chi connectivity index (χ1) is 14.7. The van der Waals surface area contributed by atoms with Gasteiger partial charge in [-0.3, -0.25) is 0 Å². The van der Waals surface area contributed by atoms with Crippen molar-refractivity contribution in [3.05, 3.63) is 17.5 Å². The number of amides is 3. The molecular formula is C13H17F3N7NaO8S. The third kappa shape index (κ3) is 6.76. The number of urea groups is 1. The van der Waals surface area contributed by atoms with Gasteiger partial charge >= 0.3 is 53.8 Å². The van der Waals surface area contributed by atoms with E-state index in [1.807, 2.05) is 0 Å². The Balaban J connectivity index is 0.000000595. The molecule has 0 spiro atoms. The average molecular weight is 511 g/mol. The van der Waals surface area contributed by atoms with Crippen molar-refractivity contribution >= 4 is 28.4 Å². The normalized spacial score (nSPS) is 19.3. The Bertz CT molecular complexity index is 1000. The second-order valence-corrected chi connectivity index (χ2v) is 7.21. The van der Waals surface area contributed by atoms with E-state index in [4.69, 9.17) is 21.4 Å². The molecule has 15 nitrogen and oxygen atoms in total. The molecule has 1 saturated heterocycles. The number of nitrogens with one attached hydrogen (secondary N) is 1. The molecule has 1 aromatic rings. The van der Waals surface area contributed by atoms with Crippen LogP contribution in [0.5, 0.6) is 0 Å². The molecule has 1 unspecified atom stereocenters. The molecule has 2 atom stereocenters. The zero-order valence-corrected chi connectivity index (χ0v) is 19.7. The van der Waals surface area contributed by atoms with Crippen molar-refractivity contribution in [3.8, 4) is 0 Å². The molecule has 1 fully saturated rings. The van der Waals surface area contributed by atoms with Gasteiger partial charge in [0.2, 0.25) is 10.4 Å². The minimum absolute atomic E-state index is 0. The summed E-state index contributed by atoms with van der Waals surface area (Å²) in [5.41, 5.74) is 11.8. The van der Waals surface area contributed by atoms with E-state index in [0.717, 1.165) is 4.68 Å². The molecule has 0 aromatic carbocycles. The van der Waals surface area contributed by atoms with Crippen molar-refractivity contribution in [2.75, 3.05) is 26.2 Å². The van der Waals surface area contributed by atoms with Gasteiger partial charge in [-0.2, -0.15) is 32.3 Å². The number of nitrogens with two attached hydrogens (primary N) is 2. The number of fused-ring (bicyclic) bond motifs is 4. The number of carboxylic acids is 1. The summed E-state index contributed by atoms with van der Waals surface area (Å²) in [6, 6.07) is -2.93. The number of nitrogens with zero attached hydrogens (tertiary/aromatic N) is 4. The number of aliphatic carboxylic acids is 1. The summed E-state index contributed by atoms with van der Waals surface area (Å²) in [4.78, 5) is 34.5. The van der Waals surface area contributed by atoms with E-state index >= 15 is 0 Å². The quantitative estimate of drug-likeness (QED) is 0.167. The third-order valence-corrected chi connectivity index (χ3v) is 4.52. The topological polar surface area (TPSA) is 226 Å². The van der Waals surface area contributed by atoms with Crippen LogP contribution < -0.4 is 46.3 Å². The van der Waals surface area contributed by atoms with Crippen LogP contribution in [0.1, 0.15) is 23.3 Å². The average Bonchev–Trinajstić information content (AvgIpc) is 3.22. The van der Waals surface area contributed by atoms with Gasteiger partial charge in [-0.15, -0.1) is 0 Å². The van der Waals surface area contributed by atoms with Crippen LogP contribution in [0.25, 0.3) is 0 Å². The van der Waals surface area contributed by atoms with Gasteiger partial charge in [-0.05, 0) is 0 Å². The van der Waals surface area contributed by atoms with Gasteiger partial charge < -0.3 is 31.3 Å². The van der Waals surface area contributed by atoms with Crippen LogP contribution in [0.15, 0.2) is 6.20 Å². The Kier molecular flexibility index (Phi) is 9.63. The van der Waals surface area contributed by atoms with E-state index in [1.54, 1.807) is 0 Å². The van der Waals surface area contributed by atoms with Crippen molar-refractivity contribution < 1.29 is 79.5 Å². The number of hydrogen-bond acceptors (Lipinski definition) is 10. The van der Waals surface area contributed by atoms with Crippen LogP contribution in [0.2, 0.25) is 0 Å². The van der Waals surface area contributed by atoms with Crippen molar-refractivity contribution in [2.45, 2.75) is 18.3 Å². The fourth-order valence-corrected chi connectivity index (χ4v) is 3.31. The fraction of sp³-hybridized carbons (Fsp3) is 0.538. The zero-order valence-electron chi connectivity index (χ0n) is 16.9. The van der Waals surface area contributed by atoms with Gasteiger partial charge in [0.15, 0.2) is 0 Å². The summed E-state index contributed by atoms with van der Waals surface area (Å²) in [5, 5.41) is 14.2. The Morgan fingerprint density at radius 1 is 1.36 bits per heavy atom. The first kappa shape index (κ1) is 29.0. The number of halogens is 3. The molecule has 2 aliphatic heterocycles. The van der Waals surface area contributed by atoms with Crippen molar-refractivity contribution in [3.63, 3.8) is 0 Å². The van der Waals surface area contributed by atoms with Crippen LogP contribution in [-0.4, -0.2) is 88.2 Å². The molecular weight excluding hydrogens is 494 g/mol. The maximum Gasteiger partial charge on any atom is 1.00 e. The van der Waals surface area contributed by atoms with Gasteiger partial charge in [-0.25, -0.2) is 22.8 Å². The molecule has 3 rings (SSSR count). The Labute approximate surface area is 206 Å². The molecule has 0 saturated carbocycles. The molecule has 3 heterocycles. The van der Waals surface area contributed by atoms with Crippen molar-refractivity contribution in [1.82, 2.24) is 25.1 Å². The minimum Gasteiger partial charge on any atom is -0.724 e. The number of aromatic nitrogens is 2. The van der Waals surface area contributed by atoms with Crippen LogP contribution in [-0.2, 0) is 19.5 Å². The van der Waals surface area contributed by atoms with E-state index in [9.17, 15) is 35.7 Å². The van der Waals surface area contributed by atoms with Crippen LogP contribution in [0, 0.1) is 0 Å². The van der Waals surface area contributed by atoms with E-state index in [0.29, 0.717) is 10.6 Å². The summed E-state index contributed by atoms with van der Waals surface area (Å²) in [5.74, 6) is -2.76. The van der Waals surface area contributed by atoms with E-state index in [2.05, 4.69) is 14.7 Å². The molecule has 3 amide bonds. The van der Waals surface area contributed by atoms with Gasteiger partial charge in [0, 0.05) is 31.4 Å². The Hall–Kier alpha value is -2.00. The van der Waals surface area contributed by atoms with Gasteiger partial charge in [0.1, 0.15) is 6.04 Å². The summed E-state index contributed by atoms with van der Waals surface area (Å²) in [6.45, 7) is 0.525. The van der Waals surface area contributed by atoms with Crippen LogP contribution in [0.3, 0.4) is 0 Å². The zero-order chi connectivity index (χ0) is 24.4. The number of carbonyl (C=O) groups is 3. The maximum atomic E-state index is 12.3. The van der Waals surface area contributed by atoms with E-state index in [1.165, 1.54) is 11.1 Å². The molecule has 6 N–H and O–H groups in total. The number of rotatable bonds is 5. The molecule has 180 valence electrons. The number of alkyl halides is 3. The molecule has 2 aliphatic rings. The molecule has 0 radical (unpaired) electrons. The second-order valence-electron chi connectivity index (χ2n) is 6.25. The molecule has 0 aliphatic carbocycles.